The number of pyridine rings is 1. The molecule has 0 spiro atoms. The zero-order valence-electron chi connectivity index (χ0n) is 21.9. The lowest BCUT2D eigenvalue weighted by Gasteiger charge is -2.40. The molecule has 2 heterocycles. The second kappa shape index (κ2) is 11.4. The molecule has 0 unspecified atom stereocenters. The van der Waals surface area contributed by atoms with E-state index in [0.29, 0.717) is 25.2 Å². The van der Waals surface area contributed by atoms with Gasteiger partial charge in [0.2, 0.25) is 0 Å². The maximum Gasteiger partial charge on any atom is 0.407 e. The van der Waals surface area contributed by atoms with Crippen molar-refractivity contribution in [3.8, 4) is 22.6 Å². The van der Waals surface area contributed by atoms with Crippen molar-refractivity contribution in [3.05, 3.63) is 45.9 Å². The van der Waals surface area contributed by atoms with Crippen LogP contribution in [-0.4, -0.2) is 54.5 Å². The number of likely N-dealkylation sites (tertiary alicyclic amines) is 1. The molecule has 1 aliphatic rings. The van der Waals surface area contributed by atoms with Gasteiger partial charge < -0.3 is 24.1 Å². The normalized spacial score (nSPS) is 13.9. The van der Waals surface area contributed by atoms with Gasteiger partial charge in [0, 0.05) is 38.4 Å². The molecule has 0 bridgehead atoms. The molecule has 1 aromatic carbocycles. The first-order valence-electron chi connectivity index (χ1n) is 11.6. The Morgan fingerprint density at radius 3 is 2.09 bits per heavy atom. The van der Waals surface area contributed by atoms with E-state index in [1.807, 2.05) is 59.0 Å². The van der Waals surface area contributed by atoms with Gasteiger partial charge in [-0.15, -0.1) is 0 Å². The molecule has 34 heavy (non-hydrogen) atoms. The number of nitrogens with one attached hydrogen (secondary N) is 1. The Hall–Kier alpha value is -3.00. The van der Waals surface area contributed by atoms with E-state index in [1.165, 1.54) is 0 Å². The molecule has 0 aliphatic carbocycles. The van der Waals surface area contributed by atoms with Crippen LogP contribution >= 0.6 is 0 Å². The van der Waals surface area contributed by atoms with Crippen LogP contribution in [0.1, 0.15) is 45.7 Å². The van der Waals surface area contributed by atoms with Gasteiger partial charge >= 0.3 is 6.09 Å². The van der Waals surface area contributed by atoms with Crippen molar-refractivity contribution in [1.29, 1.82) is 0 Å². The Morgan fingerprint density at radius 1 is 1.06 bits per heavy atom. The highest BCUT2D eigenvalue weighted by Gasteiger charge is 2.31. The van der Waals surface area contributed by atoms with Crippen LogP contribution in [0.3, 0.4) is 0 Å². The van der Waals surface area contributed by atoms with E-state index < -0.39 is 11.7 Å². The summed E-state index contributed by atoms with van der Waals surface area (Å²) in [5.41, 5.74) is 2.91. The number of alkyl carbamates (subject to hydrolysis) is 1. The summed E-state index contributed by atoms with van der Waals surface area (Å²) in [7, 11) is 5.02. The van der Waals surface area contributed by atoms with Crippen LogP contribution in [0.5, 0.6) is 11.5 Å². The molecule has 1 aliphatic heterocycles. The molecule has 1 amide bonds. The summed E-state index contributed by atoms with van der Waals surface area (Å²) in [5.74, 6) is 1.43. The van der Waals surface area contributed by atoms with Crippen molar-refractivity contribution in [1.82, 2.24) is 14.8 Å². The van der Waals surface area contributed by atoms with Crippen molar-refractivity contribution < 1.29 is 19.0 Å². The van der Waals surface area contributed by atoms with Crippen LogP contribution in [0.15, 0.2) is 29.2 Å². The number of rotatable bonds is 6. The Morgan fingerprint density at radius 2 is 1.62 bits per heavy atom. The van der Waals surface area contributed by atoms with Crippen LogP contribution in [0, 0.1) is 6.92 Å². The number of carbonyl (C=O) groups is 1. The summed E-state index contributed by atoms with van der Waals surface area (Å²) in [4.78, 5) is 26.2. The number of benzene rings is 1. The van der Waals surface area contributed by atoms with Crippen LogP contribution in [0.4, 0.5) is 4.79 Å². The minimum Gasteiger partial charge on any atom is -0.496 e. The number of hydrogen-bond donors (Lipinski definition) is 1. The van der Waals surface area contributed by atoms with Crippen LogP contribution in [-0.2, 0) is 18.3 Å². The highest BCUT2D eigenvalue weighted by Crippen LogP contribution is 2.36. The van der Waals surface area contributed by atoms with E-state index in [1.54, 1.807) is 32.8 Å². The molecule has 0 atom stereocenters. The second-order valence-electron chi connectivity index (χ2n) is 9.22. The largest absolute Gasteiger partial charge is 0.496 e. The summed E-state index contributed by atoms with van der Waals surface area (Å²) < 4.78 is 18.3. The Labute approximate surface area is 202 Å². The lowest BCUT2D eigenvalue weighted by atomic mass is 10.0. The monoisotopic (exact) mass is 473 g/mol. The third kappa shape index (κ3) is 6.76. The van der Waals surface area contributed by atoms with Gasteiger partial charge in [-0.2, -0.15) is 0 Å². The SMILES string of the molecule is CC.COc1cc(-c2cc(C)c(=O)n(C)c2)cc(OC)c1CN1CC(NC(=O)OC(C)(C)C)C1. The Kier molecular flexibility index (Phi) is 9.15. The number of methoxy groups -OCH3 is 2. The highest BCUT2D eigenvalue weighted by molar-refractivity contribution is 5.69. The Balaban J connectivity index is 0.00000199. The van der Waals surface area contributed by atoms with Gasteiger partial charge in [0.1, 0.15) is 17.1 Å². The molecule has 1 N–H and O–H groups in total. The van der Waals surface area contributed by atoms with Crippen LogP contribution < -0.4 is 20.3 Å². The molecule has 0 saturated carbocycles. The van der Waals surface area contributed by atoms with Gasteiger partial charge in [-0.05, 0) is 57.0 Å². The maximum absolute atomic E-state index is 12.0. The summed E-state index contributed by atoms with van der Waals surface area (Å²) >= 11 is 0. The molecule has 1 aromatic heterocycles. The van der Waals surface area contributed by atoms with Crippen LogP contribution in [0.25, 0.3) is 11.1 Å². The molecule has 2 aromatic rings. The van der Waals surface area contributed by atoms with Gasteiger partial charge in [0.05, 0.1) is 25.8 Å². The summed E-state index contributed by atoms with van der Waals surface area (Å²) in [5, 5.41) is 2.90. The number of hydrogen-bond acceptors (Lipinski definition) is 6. The average Bonchev–Trinajstić information content (AvgIpc) is 2.75. The maximum atomic E-state index is 12.0. The molecule has 8 heteroatoms. The fraction of sp³-hybridized carbons (Fsp3) is 0.538. The topological polar surface area (TPSA) is 82.0 Å². The summed E-state index contributed by atoms with van der Waals surface area (Å²) in [6, 6.07) is 5.86. The van der Waals surface area contributed by atoms with Gasteiger partial charge in [0.15, 0.2) is 0 Å². The second-order valence-corrected chi connectivity index (χ2v) is 9.22. The standard InChI is InChI=1S/C24H33N3O5.C2H6/c1-15-8-17(11-26(5)22(15)28)16-9-20(30-6)19(21(10-16)31-7)14-27-12-18(13-27)25-23(29)32-24(2,3)4;1-2/h8-11,18H,12-14H2,1-7H3,(H,25,29);1-2H3. The summed E-state index contributed by atoms with van der Waals surface area (Å²) in [6.07, 6.45) is 1.42. The summed E-state index contributed by atoms with van der Waals surface area (Å²) in [6.45, 7) is 13.4. The first kappa shape index (κ1) is 27.2. The highest BCUT2D eigenvalue weighted by atomic mass is 16.6. The van der Waals surface area contributed by atoms with Crippen molar-refractivity contribution in [3.63, 3.8) is 0 Å². The van der Waals surface area contributed by atoms with E-state index in [2.05, 4.69) is 10.2 Å². The van der Waals surface area contributed by atoms with E-state index in [4.69, 9.17) is 14.2 Å². The number of aryl methyl sites for hydroxylation is 2. The zero-order chi connectivity index (χ0) is 25.6. The predicted octanol–water partition coefficient (Wildman–Crippen LogP) is 4.11. The molecule has 1 fully saturated rings. The van der Waals surface area contributed by atoms with E-state index >= 15 is 0 Å². The number of amides is 1. The molecular weight excluding hydrogens is 434 g/mol. The number of ether oxygens (including phenoxy) is 3. The Bertz CT molecular complexity index is 998. The minimum atomic E-state index is -0.514. The lowest BCUT2D eigenvalue weighted by Crippen LogP contribution is -2.59. The quantitative estimate of drug-likeness (QED) is 0.680. The first-order chi connectivity index (χ1) is 16.0. The van der Waals surface area contributed by atoms with Crippen molar-refractivity contribution in [2.24, 2.45) is 7.05 Å². The molecular formula is C26H39N3O5. The van der Waals surface area contributed by atoms with Crippen LogP contribution in [0.2, 0.25) is 0 Å². The smallest absolute Gasteiger partial charge is 0.407 e. The average molecular weight is 474 g/mol. The number of aromatic nitrogens is 1. The van der Waals surface area contributed by atoms with Crippen molar-refractivity contribution >= 4 is 6.09 Å². The number of carbonyl (C=O) groups excluding carboxylic acids is 1. The van der Waals surface area contributed by atoms with Gasteiger partial charge in [-0.25, -0.2) is 4.79 Å². The fourth-order valence-electron chi connectivity index (χ4n) is 3.83. The van der Waals surface area contributed by atoms with E-state index in [0.717, 1.165) is 28.2 Å². The molecule has 1 saturated heterocycles. The van der Waals surface area contributed by atoms with Crippen molar-refractivity contribution in [2.45, 2.75) is 59.7 Å². The lowest BCUT2D eigenvalue weighted by molar-refractivity contribution is 0.0390. The van der Waals surface area contributed by atoms with Gasteiger partial charge in [-0.3, -0.25) is 9.69 Å². The minimum absolute atomic E-state index is 0.0170. The van der Waals surface area contributed by atoms with Crippen molar-refractivity contribution in [2.75, 3.05) is 27.3 Å². The van der Waals surface area contributed by atoms with Gasteiger partial charge in [-0.1, -0.05) is 13.8 Å². The predicted molar refractivity (Wildman–Crippen MR) is 135 cm³/mol. The van der Waals surface area contributed by atoms with Gasteiger partial charge in [0.25, 0.3) is 5.56 Å². The first-order valence-corrected chi connectivity index (χ1v) is 11.6. The zero-order valence-corrected chi connectivity index (χ0v) is 21.9. The number of nitrogens with zero attached hydrogens (tertiary/aromatic N) is 2. The molecule has 3 rings (SSSR count). The fourth-order valence-corrected chi connectivity index (χ4v) is 3.83. The molecule has 0 radical (unpaired) electrons. The van der Waals surface area contributed by atoms with E-state index in [-0.39, 0.29) is 11.6 Å². The van der Waals surface area contributed by atoms with E-state index in [9.17, 15) is 9.59 Å². The molecule has 8 nitrogen and oxygen atoms in total. The molecule has 188 valence electrons. The third-order valence-corrected chi connectivity index (χ3v) is 5.36. The third-order valence-electron chi connectivity index (χ3n) is 5.36.